The Labute approximate surface area is 78.6 Å². The lowest BCUT2D eigenvalue weighted by molar-refractivity contribution is -0.161. The van der Waals surface area contributed by atoms with E-state index in [4.69, 9.17) is 4.74 Å². The molecule has 0 radical (unpaired) electrons. The van der Waals surface area contributed by atoms with E-state index in [1.54, 1.807) is 0 Å². The summed E-state index contributed by atoms with van der Waals surface area (Å²) >= 11 is 0. The summed E-state index contributed by atoms with van der Waals surface area (Å²) in [6.45, 7) is 0. The fourth-order valence-corrected chi connectivity index (χ4v) is 3.50. The quantitative estimate of drug-likeness (QED) is 0.534. The van der Waals surface area contributed by atoms with Crippen molar-refractivity contribution in [3.63, 3.8) is 0 Å². The predicted molar refractivity (Wildman–Crippen MR) is 48.1 cm³/mol. The molecule has 3 aliphatic rings. The lowest BCUT2D eigenvalue weighted by atomic mass is 9.89. The third kappa shape index (κ3) is 1.11. The van der Waals surface area contributed by atoms with E-state index in [1.807, 2.05) is 0 Å². The number of ether oxygens (including phenoxy) is 1. The zero-order valence-corrected chi connectivity index (χ0v) is 7.87. The second kappa shape index (κ2) is 2.73. The minimum absolute atomic E-state index is 0.102. The molecule has 0 aromatic rings. The van der Waals surface area contributed by atoms with E-state index in [-0.39, 0.29) is 11.9 Å². The third-order valence-corrected chi connectivity index (χ3v) is 4.14. The van der Waals surface area contributed by atoms with Gasteiger partial charge in [0.2, 0.25) is 0 Å². The Bertz CT molecular complexity index is 234. The molecule has 2 heteroatoms. The maximum atomic E-state index is 11.5. The van der Waals surface area contributed by atoms with Crippen LogP contribution < -0.4 is 0 Å². The van der Waals surface area contributed by atoms with Crippen LogP contribution in [0.1, 0.15) is 38.5 Å². The monoisotopic (exact) mass is 180 g/mol. The van der Waals surface area contributed by atoms with Gasteiger partial charge in [-0.3, -0.25) is 4.79 Å². The molecule has 13 heavy (non-hydrogen) atoms. The smallest absolute Gasteiger partial charge is 0.309 e. The molecule has 1 heterocycles. The van der Waals surface area contributed by atoms with Gasteiger partial charge in [-0.1, -0.05) is 12.8 Å². The van der Waals surface area contributed by atoms with E-state index >= 15 is 0 Å². The summed E-state index contributed by atoms with van der Waals surface area (Å²) in [5.74, 6) is 1.91. The van der Waals surface area contributed by atoms with Gasteiger partial charge in [-0.2, -0.15) is 0 Å². The molecule has 2 saturated carbocycles. The molecular weight excluding hydrogens is 164 g/mol. The lowest BCUT2D eigenvalue weighted by Crippen LogP contribution is -2.33. The van der Waals surface area contributed by atoms with E-state index in [0.717, 1.165) is 31.1 Å². The SMILES string of the molecule is O=C1OC2CCCCC3CC1CC32. The average Bonchev–Trinajstić information content (AvgIpc) is 2.40. The van der Waals surface area contributed by atoms with Crippen molar-refractivity contribution in [1.29, 1.82) is 0 Å². The van der Waals surface area contributed by atoms with Gasteiger partial charge >= 0.3 is 5.97 Å². The molecule has 4 atom stereocenters. The summed E-state index contributed by atoms with van der Waals surface area (Å²) in [5, 5.41) is 0. The van der Waals surface area contributed by atoms with Crippen molar-refractivity contribution < 1.29 is 9.53 Å². The van der Waals surface area contributed by atoms with Gasteiger partial charge in [-0.25, -0.2) is 0 Å². The number of carbonyl (C=O) groups is 1. The summed E-state index contributed by atoms with van der Waals surface area (Å²) < 4.78 is 5.49. The van der Waals surface area contributed by atoms with E-state index in [2.05, 4.69) is 0 Å². The number of hydrogen-bond donors (Lipinski definition) is 0. The van der Waals surface area contributed by atoms with Crippen molar-refractivity contribution >= 4 is 5.97 Å². The molecule has 0 N–H and O–H groups in total. The van der Waals surface area contributed by atoms with Crippen LogP contribution in [0.4, 0.5) is 0 Å². The van der Waals surface area contributed by atoms with Gasteiger partial charge in [0.05, 0.1) is 5.92 Å². The molecule has 3 rings (SSSR count). The summed E-state index contributed by atoms with van der Waals surface area (Å²) in [7, 11) is 0. The van der Waals surface area contributed by atoms with Crippen molar-refractivity contribution in [2.24, 2.45) is 17.8 Å². The van der Waals surface area contributed by atoms with Crippen LogP contribution in [0.2, 0.25) is 0 Å². The fraction of sp³-hybridized carbons (Fsp3) is 0.909. The molecule has 0 amide bonds. The van der Waals surface area contributed by atoms with Crippen LogP contribution in [0.5, 0.6) is 0 Å². The number of esters is 1. The topological polar surface area (TPSA) is 26.3 Å². The Morgan fingerprint density at radius 1 is 1.15 bits per heavy atom. The van der Waals surface area contributed by atoms with Crippen LogP contribution in [-0.4, -0.2) is 12.1 Å². The highest BCUT2D eigenvalue weighted by molar-refractivity contribution is 5.74. The first-order valence-electron chi connectivity index (χ1n) is 5.55. The van der Waals surface area contributed by atoms with Crippen molar-refractivity contribution in [3.8, 4) is 0 Å². The zero-order valence-electron chi connectivity index (χ0n) is 7.87. The standard InChI is InChI=1S/C11H16O2/c12-11-8-5-7-3-1-2-4-10(13-11)9(7)6-8/h7-10H,1-6H2. The van der Waals surface area contributed by atoms with Crippen molar-refractivity contribution in [2.75, 3.05) is 0 Å². The highest BCUT2D eigenvalue weighted by Crippen LogP contribution is 2.48. The van der Waals surface area contributed by atoms with Crippen LogP contribution in [-0.2, 0) is 9.53 Å². The Morgan fingerprint density at radius 2 is 2.00 bits per heavy atom. The third-order valence-electron chi connectivity index (χ3n) is 4.14. The normalized spacial score (nSPS) is 48.5. The Kier molecular flexibility index (Phi) is 1.64. The highest BCUT2D eigenvalue weighted by Gasteiger charge is 2.48. The minimum Gasteiger partial charge on any atom is -0.462 e. The Balaban J connectivity index is 1.90. The Hall–Kier alpha value is -0.530. The van der Waals surface area contributed by atoms with E-state index < -0.39 is 0 Å². The molecule has 0 aromatic heterocycles. The second-order valence-electron chi connectivity index (χ2n) is 4.85. The van der Waals surface area contributed by atoms with Gasteiger partial charge in [0.1, 0.15) is 6.10 Å². The van der Waals surface area contributed by atoms with Gasteiger partial charge in [-0.05, 0) is 37.5 Å². The molecule has 2 nitrogen and oxygen atoms in total. The summed E-state index contributed by atoms with van der Waals surface area (Å²) in [5.41, 5.74) is 0. The molecule has 1 aliphatic heterocycles. The average molecular weight is 180 g/mol. The molecule has 3 fully saturated rings. The number of hydrogen-bond acceptors (Lipinski definition) is 2. The van der Waals surface area contributed by atoms with Crippen LogP contribution >= 0.6 is 0 Å². The molecule has 0 aromatic carbocycles. The highest BCUT2D eigenvalue weighted by atomic mass is 16.5. The Morgan fingerprint density at radius 3 is 2.92 bits per heavy atom. The summed E-state index contributed by atoms with van der Waals surface area (Å²) in [6.07, 6.45) is 7.62. The number of fused-ring (bicyclic) bond motifs is 1. The van der Waals surface area contributed by atoms with Crippen molar-refractivity contribution in [3.05, 3.63) is 0 Å². The maximum Gasteiger partial charge on any atom is 0.309 e. The second-order valence-corrected chi connectivity index (χ2v) is 4.85. The van der Waals surface area contributed by atoms with Gasteiger partial charge in [0.25, 0.3) is 0 Å². The van der Waals surface area contributed by atoms with E-state index in [0.29, 0.717) is 6.10 Å². The zero-order chi connectivity index (χ0) is 8.84. The molecule has 1 saturated heterocycles. The molecule has 72 valence electrons. The molecular formula is C11H16O2. The van der Waals surface area contributed by atoms with Gasteiger partial charge in [-0.15, -0.1) is 0 Å². The van der Waals surface area contributed by atoms with Crippen LogP contribution in [0, 0.1) is 17.8 Å². The van der Waals surface area contributed by atoms with Gasteiger partial charge in [0.15, 0.2) is 0 Å². The fourth-order valence-electron chi connectivity index (χ4n) is 3.50. The largest absolute Gasteiger partial charge is 0.462 e. The van der Waals surface area contributed by atoms with Gasteiger partial charge < -0.3 is 4.74 Å². The molecule has 2 aliphatic carbocycles. The number of carbonyl (C=O) groups excluding carboxylic acids is 1. The van der Waals surface area contributed by atoms with Gasteiger partial charge in [0, 0.05) is 0 Å². The van der Waals surface area contributed by atoms with Crippen LogP contribution in [0.15, 0.2) is 0 Å². The van der Waals surface area contributed by atoms with Crippen molar-refractivity contribution in [2.45, 2.75) is 44.6 Å². The first-order chi connectivity index (χ1) is 6.34. The first-order valence-corrected chi connectivity index (χ1v) is 5.55. The van der Waals surface area contributed by atoms with Crippen LogP contribution in [0.3, 0.4) is 0 Å². The molecule has 0 spiro atoms. The molecule has 2 bridgehead atoms. The maximum absolute atomic E-state index is 11.5. The van der Waals surface area contributed by atoms with E-state index in [9.17, 15) is 4.79 Å². The summed E-state index contributed by atoms with van der Waals surface area (Å²) in [4.78, 5) is 11.5. The molecule has 4 unspecified atom stereocenters. The minimum atomic E-state index is 0.102. The van der Waals surface area contributed by atoms with E-state index in [1.165, 1.54) is 19.3 Å². The first kappa shape index (κ1) is 7.84. The predicted octanol–water partition coefficient (Wildman–Crippen LogP) is 2.13. The lowest BCUT2D eigenvalue weighted by Gasteiger charge is -2.29. The number of rotatable bonds is 0. The summed E-state index contributed by atoms with van der Waals surface area (Å²) in [6, 6.07) is 0. The van der Waals surface area contributed by atoms with Crippen LogP contribution in [0.25, 0.3) is 0 Å². The van der Waals surface area contributed by atoms with Crippen molar-refractivity contribution in [1.82, 2.24) is 0 Å².